The molecule has 0 bridgehead atoms. The van der Waals surface area contributed by atoms with Crippen LogP contribution in [0.15, 0.2) is 155 Å². The summed E-state index contributed by atoms with van der Waals surface area (Å²) in [6, 6.07) is 50.4. The summed E-state index contributed by atoms with van der Waals surface area (Å²) >= 11 is 2.74. The lowest BCUT2D eigenvalue weighted by Gasteiger charge is -2.16. The van der Waals surface area contributed by atoms with E-state index in [-0.39, 0.29) is 17.4 Å². The van der Waals surface area contributed by atoms with Crippen LogP contribution in [-0.2, 0) is 6.42 Å². The minimum absolute atomic E-state index is 0.275. The SMILES string of the molecule is CC#N.N#CC1CCN(CCCc2ccccc2)C1.N#Cc1ccccc1.Oc1ccc2c(c1F)SCCO2.Oc1ccc2c(c1F)SCCO2.Oc1ccccc1.c1ccc(OCCN2CCCC2)cc1. The van der Waals surface area contributed by atoms with Gasteiger partial charge in [-0.3, -0.25) is 4.90 Å². The number of nitriles is 3. The summed E-state index contributed by atoms with van der Waals surface area (Å²) in [6.45, 7) is 10.2. The largest absolute Gasteiger partial charge is 0.508 e. The first kappa shape index (κ1) is 57.6. The van der Waals surface area contributed by atoms with Gasteiger partial charge >= 0.3 is 0 Å². The maximum atomic E-state index is 13.1. The van der Waals surface area contributed by atoms with Crippen molar-refractivity contribution in [2.24, 2.45) is 5.92 Å². The maximum absolute atomic E-state index is 13.1. The van der Waals surface area contributed by atoms with Crippen LogP contribution in [0.4, 0.5) is 8.78 Å². The molecule has 0 aromatic heterocycles. The number of nitrogens with zero attached hydrogens (tertiary/aromatic N) is 5. The Balaban J connectivity index is 0.000000189. The van der Waals surface area contributed by atoms with Gasteiger partial charge in [0.15, 0.2) is 23.1 Å². The Morgan fingerprint density at radius 1 is 0.639 bits per heavy atom. The Morgan fingerprint density at radius 3 is 1.60 bits per heavy atom. The molecule has 1 unspecified atom stereocenters. The molecule has 4 heterocycles. The van der Waals surface area contributed by atoms with Crippen molar-refractivity contribution in [2.45, 2.75) is 48.8 Å². The Labute approximate surface area is 431 Å². The van der Waals surface area contributed by atoms with Crippen LogP contribution in [0.3, 0.4) is 0 Å². The standard InChI is InChI=1S/C14H18N2.C12H17NO.2C8H7FO2S.C7H5N.C6H6O.C2H3N/c15-11-14-8-10-16(12-14)9-4-7-13-5-2-1-3-6-13;1-2-6-12(7-3-1)14-11-10-13-8-4-5-9-13;2*9-7-5(10)1-2-6-8(7)12-4-3-11-6;8-6-7-4-2-1-3-5-7;7-6-4-2-1-3-5-6;1-2-3/h1-3,5-6,14H,4,7-10,12H2;1-3,6-7H,4-5,8-11H2;2*1-2,10H,3-4H2;1-5H;1-5,7H;1H3. The van der Waals surface area contributed by atoms with Gasteiger partial charge < -0.3 is 34.4 Å². The molecular weight excluding hydrogens is 953 g/mol. The number of hydrogen-bond acceptors (Lipinski definition) is 13. The number of fused-ring (bicyclic) bond motifs is 2. The third kappa shape index (κ3) is 22.0. The summed E-state index contributed by atoms with van der Waals surface area (Å²) in [5, 5.41) is 51.1. The fraction of sp³-hybridized carbons (Fsp3) is 0.316. The molecule has 378 valence electrons. The van der Waals surface area contributed by atoms with Gasteiger partial charge in [-0.25, -0.2) is 8.78 Å². The van der Waals surface area contributed by atoms with E-state index in [1.807, 2.05) is 60.7 Å². The fourth-order valence-electron chi connectivity index (χ4n) is 7.19. The first-order valence-corrected chi connectivity index (χ1v) is 25.7. The zero-order valence-electron chi connectivity index (χ0n) is 40.6. The number of aryl methyl sites for hydroxylation is 1. The van der Waals surface area contributed by atoms with Crippen molar-refractivity contribution in [1.29, 1.82) is 15.8 Å². The van der Waals surface area contributed by atoms with E-state index in [0.717, 1.165) is 62.9 Å². The van der Waals surface area contributed by atoms with Gasteiger partial charge in [-0.15, -0.1) is 23.5 Å². The number of aromatic hydroxyl groups is 3. The smallest absolute Gasteiger partial charge is 0.182 e. The summed E-state index contributed by atoms with van der Waals surface area (Å²) < 4.78 is 42.3. The molecule has 11 nitrogen and oxygen atoms in total. The van der Waals surface area contributed by atoms with E-state index < -0.39 is 11.6 Å². The lowest BCUT2D eigenvalue weighted by Crippen LogP contribution is -2.25. The monoisotopic (exact) mass is 1020 g/mol. The molecule has 2 fully saturated rings. The molecule has 4 aliphatic heterocycles. The second kappa shape index (κ2) is 34.4. The predicted molar refractivity (Wildman–Crippen MR) is 282 cm³/mol. The van der Waals surface area contributed by atoms with Gasteiger partial charge in [0.2, 0.25) is 0 Å². The zero-order chi connectivity index (χ0) is 51.6. The molecule has 1 atom stereocenters. The van der Waals surface area contributed by atoms with E-state index >= 15 is 0 Å². The van der Waals surface area contributed by atoms with E-state index in [9.17, 15) is 8.78 Å². The molecule has 0 saturated carbocycles. The van der Waals surface area contributed by atoms with Gasteiger partial charge in [0.1, 0.15) is 29.6 Å². The molecule has 0 spiro atoms. The Bertz CT molecular complexity index is 2500. The lowest BCUT2D eigenvalue weighted by molar-refractivity contribution is 0.238. The van der Waals surface area contributed by atoms with Gasteiger partial charge in [0.25, 0.3) is 0 Å². The summed E-state index contributed by atoms with van der Waals surface area (Å²) in [6.07, 6.45) is 6.11. The minimum atomic E-state index is -0.572. The lowest BCUT2D eigenvalue weighted by atomic mass is 10.1. The van der Waals surface area contributed by atoms with Gasteiger partial charge in [0.05, 0.1) is 52.7 Å². The summed E-state index contributed by atoms with van der Waals surface area (Å²) in [5.74, 6) is 2.32. The van der Waals surface area contributed by atoms with Gasteiger partial charge in [-0.05, 0) is 125 Å². The summed E-state index contributed by atoms with van der Waals surface area (Å²) in [7, 11) is 0. The third-order valence-corrected chi connectivity index (χ3v) is 12.9. The van der Waals surface area contributed by atoms with Crippen molar-refractivity contribution >= 4 is 23.5 Å². The molecule has 10 rings (SSSR count). The van der Waals surface area contributed by atoms with E-state index in [4.69, 9.17) is 45.3 Å². The highest BCUT2D eigenvalue weighted by molar-refractivity contribution is 7.99. The Kier molecular flexibility index (Phi) is 27.5. The number of rotatable bonds is 8. The molecule has 0 aliphatic carbocycles. The van der Waals surface area contributed by atoms with Crippen molar-refractivity contribution in [3.63, 3.8) is 0 Å². The van der Waals surface area contributed by atoms with Crippen LogP contribution >= 0.6 is 23.5 Å². The number of para-hydroxylation sites is 2. The molecule has 15 heteroatoms. The first-order valence-electron chi connectivity index (χ1n) is 23.8. The molecule has 4 aliphatic rings. The summed E-state index contributed by atoms with van der Waals surface area (Å²) in [5.41, 5.74) is 2.13. The van der Waals surface area contributed by atoms with Gasteiger partial charge in [-0.2, -0.15) is 15.8 Å². The molecule has 0 amide bonds. The number of thioether (sulfide) groups is 2. The third-order valence-electron chi connectivity index (χ3n) is 10.8. The molecule has 72 heavy (non-hydrogen) atoms. The first-order chi connectivity index (χ1) is 35.1. The molecule has 6 aromatic carbocycles. The summed E-state index contributed by atoms with van der Waals surface area (Å²) in [4.78, 5) is 5.71. The average Bonchev–Trinajstić information content (AvgIpc) is 4.14. The fourth-order valence-corrected chi connectivity index (χ4v) is 8.93. The highest BCUT2D eigenvalue weighted by Gasteiger charge is 2.21. The van der Waals surface area contributed by atoms with Crippen molar-refractivity contribution in [3.05, 3.63) is 168 Å². The number of phenols is 3. The number of halogens is 2. The maximum Gasteiger partial charge on any atom is 0.182 e. The van der Waals surface area contributed by atoms with Crippen molar-refractivity contribution in [3.8, 4) is 52.7 Å². The van der Waals surface area contributed by atoms with E-state index in [1.165, 1.54) is 80.5 Å². The van der Waals surface area contributed by atoms with Crippen molar-refractivity contribution < 1.29 is 38.3 Å². The molecule has 6 aromatic rings. The molecule has 0 radical (unpaired) electrons. The van der Waals surface area contributed by atoms with Crippen molar-refractivity contribution in [2.75, 3.05) is 70.6 Å². The van der Waals surface area contributed by atoms with Crippen LogP contribution in [-0.4, -0.2) is 95.7 Å². The van der Waals surface area contributed by atoms with Crippen LogP contribution < -0.4 is 14.2 Å². The Morgan fingerprint density at radius 2 is 1.14 bits per heavy atom. The van der Waals surface area contributed by atoms with Crippen LogP contribution in [0.1, 0.15) is 43.7 Å². The van der Waals surface area contributed by atoms with Crippen LogP contribution in [0, 0.1) is 51.5 Å². The average molecular weight is 1020 g/mol. The van der Waals surface area contributed by atoms with Crippen molar-refractivity contribution in [1.82, 2.24) is 9.80 Å². The molecular formula is C57H63F2N5O6S2. The van der Waals surface area contributed by atoms with Crippen LogP contribution in [0.2, 0.25) is 0 Å². The quantitative estimate of drug-likeness (QED) is 0.132. The normalized spacial score (nSPS) is 14.8. The number of ether oxygens (including phenoxy) is 3. The Hall–Kier alpha value is -6.93. The number of phenolic OH excluding ortho intramolecular Hbond substituents is 3. The second-order valence-electron chi connectivity index (χ2n) is 16.1. The van der Waals surface area contributed by atoms with Crippen LogP contribution in [0.5, 0.6) is 34.5 Å². The van der Waals surface area contributed by atoms with E-state index in [0.29, 0.717) is 45.8 Å². The minimum Gasteiger partial charge on any atom is -0.508 e. The number of benzene rings is 6. The number of hydrogen-bond donors (Lipinski definition) is 3. The van der Waals surface area contributed by atoms with Crippen LogP contribution in [0.25, 0.3) is 0 Å². The van der Waals surface area contributed by atoms with E-state index in [1.54, 1.807) is 54.6 Å². The van der Waals surface area contributed by atoms with Gasteiger partial charge in [-0.1, -0.05) is 84.9 Å². The predicted octanol–water partition coefficient (Wildman–Crippen LogP) is 12.1. The topological polar surface area (TPSA) is 166 Å². The van der Waals surface area contributed by atoms with Gasteiger partial charge in [0, 0.05) is 31.5 Å². The second-order valence-corrected chi connectivity index (χ2v) is 18.3. The number of likely N-dealkylation sites (tertiary alicyclic amines) is 2. The molecule has 2 saturated heterocycles. The highest BCUT2D eigenvalue weighted by atomic mass is 32.2. The zero-order valence-corrected chi connectivity index (χ0v) is 42.3. The van der Waals surface area contributed by atoms with E-state index in [2.05, 4.69) is 46.2 Å². The molecule has 3 N–H and O–H groups in total. The highest BCUT2D eigenvalue weighted by Crippen LogP contribution is 2.39.